The van der Waals surface area contributed by atoms with E-state index in [0.29, 0.717) is 0 Å². The topological polar surface area (TPSA) is 17.1 Å². The van der Waals surface area contributed by atoms with Gasteiger partial charge in [-0.3, -0.25) is 4.79 Å². The molecule has 0 unspecified atom stereocenters. The Morgan fingerprint density at radius 2 is 1.12 bits per heavy atom. The van der Waals surface area contributed by atoms with Crippen LogP contribution in [0.5, 0.6) is 0 Å². The van der Waals surface area contributed by atoms with Gasteiger partial charge < -0.3 is 0 Å². The molecule has 2 heteroatoms. The fourth-order valence-corrected chi connectivity index (χ4v) is 3.77. The van der Waals surface area contributed by atoms with Gasteiger partial charge in [0.15, 0.2) is 0 Å². The second-order valence-electron chi connectivity index (χ2n) is 6.02. The molecule has 0 spiro atoms. The van der Waals surface area contributed by atoms with Crippen molar-refractivity contribution in [2.75, 3.05) is 0 Å². The molecule has 0 aliphatic carbocycles. The first-order valence-electron chi connectivity index (χ1n) is 7.96. The van der Waals surface area contributed by atoms with Crippen LogP contribution in [0.2, 0.25) is 0 Å². The van der Waals surface area contributed by atoms with Crippen molar-refractivity contribution in [2.45, 2.75) is 19.3 Å². The maximum atomic E-state index is 12.9. The van der Waals surface area contributed by atoms with Gasteiger partial charge in [0.25, 0.3) is 0 Å². The maximum absolute atomic E-state index is 12.9. The highest BCUT2D eigenvalue weighted by atomic mass is 35.5. The molecule has 120 valence electrons. The molecule has 0 bridgehead atoms. The fraction of sp³-hybridized carbons (Fsp3) is 0.136. The first kappa shape index (κ1) is 16.5. The third kappa shape index (κ3) is 2.55. The van der Waals surface area contributed by atoms with E-state index in [0.717, 1.165) is 27.8 Å². The fourth-order valence-electron chi connectivity index (χ4n) is 3.46. The van der Waals surface area contributed by atoms with Gasteiger partial charge in [-0.1, -0.05) is 78.9 Å². The molecule has 0 aliphatic heterocycles. The summed E-state index contributed by atoms with van der Waals surface area (Å²) in [6.07, 6.45) is 0. The third-order valence-corrected chi connectivity index (χ3v) is 4.88. The van der Waals surface area contributed by atoms with Crippen molar-refractivity contribution in [3.8, 4) is 0 Å². The second kappa shape index (κ2) is 6.62. The summed E-state index contributed by atoms with van der Waals surface area (Å²) < 4.78 is 0. The van der Waals surface area contributed by atoms with E-state index in [1.54, 1.807) is 0 Å². The predicted molar refractivity (Wildman–Crippen MR) is 99.5 cm³/mol. The van der Waals surface area contributed by atoms with E-state index in [1.807, 2.05) is 92.7 Å². The van der Waals surface area contributed by atoms with Gasteiger partial charge in [-0.15, -0.1) is 0 Å². The zero-order chi connectivity index (χ0) is 17.2. The molecule has 0 aliphatic rings. The molecule has 0 fully saturated rings. The van der Waals surface area contributed by atoms with E-state index >= 15 is 0 Å². The minimum atomic E-state index is -1.01. The van der Waals surface area contributed by atoms with E-state index in [2.05, 4.69) is 0 Å². The highest BCUT2D eigenvalue weighted by Crippen LogP contribution is 2.43. The minimum absolute atomic E-state index is 0.391. The summed E-state index contributed by atoms with van der Waals surface area (Å²) in [5, 5.41) is -0.391. The molecule has 0 atom stereocenters. The molecule has 0 N–H and O–H groups in total. The summed E-state index contributed by atoms with van der Waals surface area (Å²) in [5.41, 5.74) is 3.79. The van der Waals surface area contributed by atoms with Gasteiger partial charge in [0.1, 0.15) is 5.41 Å². The van der Waals surface area contributed by atoms with Gasteiger partial charge in [0, 0.05) is 0 Å². The van der Waals surface area contributed by atoms with Crippen molar-refractivity contribution in [3.05, 3.63) is 107 Å². The first-order valence-corrected chi connectivity index (χ1v) is 8.34. The number of hydrogen-bond donors (Lipinski definition) is 0. The van der Waals surface area contributed by atoms with Crippen LogP contribution in [0.25, 0.3) is 0 Å². The molecular formula is C22H19ClO. The number of benzene rings is 3. The van der Waals surface area contributed by atoms with Crippen molar-refractivity contribution in [1.29, 1.82) is 0 Å². The van der Waals surface area contributed by atoms with Gasteiger partial charge in [0.05, 0.1) is 0 Å². The van der Waals surface area contributed by atoms with Crippen LogP contribution < -0.4 is 0 Å². The summed E-state index contributed by atoms with van der Waals surface area (Å²) >= 11 is 6.31. The molecule has 3 aromatic carbocycles. The molecule has 3 aromatic rings. The molecule has 0 saturated heterocycles. The van der Waals surface area contributed by atoms with Crippen LogP contribution in [0.4, 0.5) is 0 Å². The predicted octanol–water partition coefficient (Wildman–Crippen LogP) is 5.40. The SMILES string of the molecule is Cc1ccccc1C(C(=O)Cl)(c1ccccc1)c1ccccc1C. The van der Waals surface area contributed by atoms with Crippen molar-refractivity contribution in [2.24, 2.45) is 0 Å². The quantitative estimate of drug-likeness (QED) is 0.461. The van der Waals surface area contributed by atoms with E-state index in [-0.39, 0.29) is 0 Å². The average Bonchev–Trinajstić information content (AvgIpc) is 2.59. The molecule has 24 heavy (non-hydrogen) atoms. The number of rotatable bonds is 4. The van der Waals surface area contributed by atoms with Crippen molar-refractivity contribution >= 4 is 16.8 Å². The monoisotopic (exact) mass is 334 g/mol. The molecule has 1 nitrogen and oxygen atoms in total. The van der Waals surface area contributed by atoms with Gasteiger partial charge in [-0.25, -0.2) is 0 Å². The van der Waals surface area contributed by atoms with Crippen LogP contribution in [0.3, 0.4) is 0 Å². The van der Waals surface area contributed by atoms with Gasteiger partial charge in [-0.05, 0) is 53.3 Å². The normalized spacial score (nSPS) is 11.3. The van der Waals surface area contributed by atoms with E-state index in [1.165, 1.54) is 0 Å². The Bertz CT molecular complexity index is 822. The maximum Gasteiger partial charge on any atom is 0.241 e. The summed E-state index contributed by atoms with van der Waals surface area (Å²) in [6.45, 7) is 4.04. The number of carbonyl (C=O) groups is 1. The van der Waals surface area contributed by atoms with Crippen molar-refractivity contribution < 1.29 is 4.79 Å². The first-order chi connectivity index (χ1) is 11.6. The lowest BCUT2D eigenvalue weighted by molar-refractivity contribution is -0.114. The third-order valence-electron chi connectivity index (χ3n) is 4.60. The Labute approximate surface area is 147 Å². The van der Waals surface area contributed by atoms with Crippen LogP contribution in [0.1, 0.15) is 27.8 Å². The molecule has 0 radical (unpaired) electrons. The minimum Gasteiger partial charge on any atom is -0.280 e. The second-order valence-corrected chi connectivity index (χ2v) is 6.36. The van der Waals surface area contributed by atoms with Gasteiger partial charge >= 0.3 is 0 Å². The van der Waals surface area contributed by atoms with E-state index in [9.17, 15) is 4.79 Å². The summed E-state index contributed by atoms with van der Waals surface area (Å²) in [4.78, 5) is 12.9. The molecule has 0 amide bonds. The van der Waals surface area contributed by atoms with E-state index < -0.39 is 10.7 Å². The zero-order valence-electron chi connectivity index (χ0n) is 13.8. The van der Waals surface area contributed by atoms with Gasteiger partial charge in [0.2, 0.25) is 5.24 Å². The molecular weight excluding hydrogens is 316 g/mol. The lowest BCUT2D eigenvalue weighted by atomic mass is 9.68. The number of carbonyl (C=O) groups excluding carboxylic acids is 1. The Kier molecular flexibility index (Phi) is 4.55. The summed E-state index contributed by atoms with van der Waals surface area (Å²) in [7, 11) is 0. The van der Waals surface area contributed by atoms with Crippen LogP contribution in [0.15, 0.2) is 78.9 Å². The Morgan fingerprint density at radius 3 is 1.54 bits per heavy atom. The number of halogens is 1. The van der Waals surface area contributed by atoms with E-state index in [4.69, 9.17) is 11.6 Å². The van der Waals surface area contributed by atoms with Crippen molar-refractivity contribution in [1.82, 2.24) is 0 Å². The van der Waals surface area contributed by atoms with Crippen LogP contribution in [-0.4, -0.2) is 5.24 Å². The largest absolute Gasteiger partial charge is 0.280 e. The smallest absolute Gasteiger partial charge is 0.241 e. The molecule has 0 heterocycles. The average molecular weight is 335 g/mol. The zero-order valence-corrected chi connectivity index (χ0v) is 14.5. The van der Waals surface area contributed by atoms with Gasteiger partial charge in [-0.2, -0.15) is 0 Å². The highest BCUT2D eigenvalue weighted by Gasteiger charge is 2.44. The number of aryl methyl sites for hydroxylation is 2. The van der Waals surface area contributed by atoms with Crippen molar-refractivity contribution in [3.63, 3.8) is 0 Å². The van der Waals surface area contributed by atoms with Crippen LogP contribution in [0, 0.1) is 13.8 Å². The Morgan fingerprint density at radius 1 is 0.708 bits per heavy atom. The number of hydrogen-bond acceptors (Lipinski definition) is 1. The summed E-state index contributed by atoms with van der Waals surface area (Å²) in [5.74, 6) is 0. The summed E-state index contributed by atoms with van der Waals surface area (Å²) in [6, 6.07) is 25.7. The molecule has 3 rings (SSSR count). The Balaban J connectivity index is 2.47. The Hall–Kier alpha value is -2.38. The lowest BCUT2D eigenvalue weighted by Gasteiger charge is -2.34. The molecule has 0 aromatic heterocycles. The standard InChI is InChI=1S/C22H19ClO/c1-16-10-6-8-14-19(16)22(21(23)24,18-12-4-3-5-13-18)20-15-9-7-11-17(20)2/h3-15H,1-2H3. The molecule has 0 saturated carbocycles. The highest BCUT2D eigenvalue weighted by molar-refractivity contribution is 6.66. The van der Waals surface area contributed by atoms with Crippen LogP contribution in [-0.2, 0) is 10.2 Å². The van der Waals surface area contributed by atoms with Crippen LogP contribution >= 0.6 is 11.6 Å². The lowest BCUT2D eigenvalue weighted by Crippen LogP contribution is -2.37.